The van der Waals surface area contributed by atoms with Gasteiger partial charge in [0.15, 0.2) is 0 Å². The van der Waals surface area contributed by atoms with Crippen LogP contribution in [0.1, 0.15) is 176 Å². The number of rotatable bonds is 9. The molecule has 1 unspecified atom stereocenters. The van der Waals surface area contributed by atoms with Crippen LogP contribution in [0.4, 0.5) is 0 Å². The fourth-order valence-corrected chi connectivity index (χ4v) is 5.60. The Hall–Kier alpha value is -1.56. The number of hydrogen-bond acceptors (Lipinski definition) is 0. The van der Waals surface area contributed by atoms with Crippen molar-refractivity contribution in [3.63, 3.8) is 0 Å². The van der Waals surface area contributed by atoms with Crippen LogP contribution in [-0.4, -0.2) is 0 Å². The first-order valence-corrected chi connectivity index (χ1v) is 13.6. The summed E-state index contributed by atoms with van der Waals surface area (Å²) in [5.41, 5.74) is 12.4. The van der Waals surface area contributed by atoms with Crippen molar-refractivity contribution in [1.82, 2.24) is 0 Å². The molecule has 0 saturated carbocycles. The first-order chi connectivity index (χ1) is 15.3. The monoisotopic (exact) mass is 448 g/mol. The van der Waals surface area contributed by atoms with Crippen LogP contribution in [0.3, 0.4) is 0 Å². The van der Waals surface area contributed by atoms with Gasteiger partial charge in [-0.1, -0.05) is 114 Å². The van der Waals surface area contributed by atoms with Gasteiger partial charge in [-0.2, -0.15) is 0 Å². The Labute approximate surface area is 206 Å². The van der Waals surface area contributed by atoms with E-state index in [9.17, 15) is 0 Å². The zero-order valence-electron chi connectivity index (χ0n) is 24.1. The van der Waals surface area contributed by atoms with Gasteiger partial charge in [0.25, 0.3) is 0 Å². The molecule has 33 heavy (non-hydrogen) atoms. The molecule has 0 fully saturated rings. The predicted molar refractivity (Wildman–Crippen MR) is 150 cm³/mol. The smallest absolute Gasteiger partial charge is 0.0150 e. The minimum atomic E-state index is 0.506. The molecule has 0 aliphatic heterocycles. The van der Waals surface area contributed by atoms with E-state index < -0.39 is 0 Å². The molecule has 0 heteroatoms. The lowest BCUT2D eigenvalue weighted by Gasteiger charge is -2.27. The van der Waals surface area contributed by atoms with Crippen LogP contribution in [0.25, 0.3) is 0 Å². The maximum atomic E-state index is 2.53. The normalized spacial score (nSPS) is 13.4. The third-order valence-electron chi connectivity index (χ3n) is 7.32. The molecule has 1 atom stereocenters. The lowest BCUT2D eigenvalue weighted by Crippen LogP contribution is -2.11. The van der Waals surface area contributed by atoms with Gasteiger partial charge in [-0.25, -0.2) is 0 Å². The molecule has 0 amide bonds. The van der Waals surface area contributed by atoms with Gasteiger partial charge < -0.3 is 0 Å². The Morgan fingerprint density at radius 2 is 0.727 bits per heavy atom. The van der Waals surface area contributed by atoms with Crippen LogP contribution in [-0.2, 0) is 6.42 Å². The number of benzene rings is 2. The summed E-state index contributed by atoms with van der Waals surface area (Å²) in [5.74, 6) is 3.86. The summed E-state index contributed by atoms with van der Waals surface area (Å²) < 4.78 is 0. The van der Waals surface area contributed by atoms with Crippen molar-refractivity contribution in [2.45, 2.75) is 138 Å². The highest BCUT2D eigenvalue weighted by atomic mass is 14.3. The van der Waals surface area contributed by atoms with Crippen molar-refractivity contribution in [2.24, 2.45) is 0 Å². The van der Waals surface area contributed by atoms with Crippen LogP contribution in [0, 0.1) is 0 Å². The van der Waals surface area contributed by atoms with Crippen molar-refractivity contribution in [2.75, 3.05) is 0 Å². The average molecular weight is 449 g/mol. The maximum Gasteiger partial charge on any atom is -0.0150 e. The van der Waals surface area contributed by atoms with Crippen LogP contribution < -0.4 is 0 Å². The van der Waals surface area contributed by atoms with Gasteiger partial charge in [0.1, 0.15) is 0 Å². The van der Waals surface area contributed by atoms with Crippen molar-refractivity contribution in [3.8, 4) is 0 Å². The highest BCUT2D eigenvalue weighted by molar-refractivity contribution is 5.47. The van der Waals surface area contributed by atoms with E-state index in [-0.39, 0.29) is 0 Å². The van der Waals surface area contributed by atoms with Crippen LogP contribution in [0.2, 0.25) is 0 Å². The topological polar surface area (TPSA) is 0 Å². The van der Waals surface area contributed by atoms with E-state index in [4.69, 9.17) is 0 Å². The van der Waals surface area contributed by atoms with Gasteiger partial charge in [0.05, 0.1) is 0 Å². The summed E-state index contributed by atoms with van der Waals surface area (Å²) in [5, 5.41) is 0. The van der Waals surface area contributed by atoms with Crippen molar-refractivity contribution >= 4 is 0 Å². The highest BCUT2D eigenvalue weighted by Gasteiger charge is 2.22. The Balaban J connectivity index is 2.59. The molecule has 0 aliphatic rings. The Kier molecular flexibility index (Phi) is 9.43. The minimum Gasteiger partial charge on any atom is -0.0587 e. The molecule has 0 N–H and O–H groups in total. The van der Waals surface area contributed by atoms with E-state index in [1.165, 1.54) is 11.1 Å². The van der Waals surface area contributed by atoms with Crippen LogP contribution in [0.15, 0.2) is 24.3 Å². The Morgan fingerprint density at radius 1 is 0.424 bits per heavy atom. The quantitative estimate of drug-likeness (QED) is 0.358. The molecule has 0 aromatic heterocycles. The second-order valence-electron chi connectivity index (χ2n) is 12.3. The summed E-state index contributed by atoms with van der Waals surface area (Å²) >= 11 is 0. The van der Waals surface area contributed by atoms with Gasteiger partial charge in [-0.15, -0.1) is 0 Å². The maximum absolute atomic E-state index is 2.53. The van der Waals surface area contributed by atoms with Crippen LogP contribution >= 0.6 is 0 Å². The molecule has 0 spiro atoms. The molecule has 2 aromatic carbocycles. The standard InChI is InChI=1S/C33H52/c1-19(2)28-15-26(16-29(20(3)4)32(28)23(9)10)14-25(13)27-17-30(21(5)6)33(24(11)12)31(18-27)22(7)8/h15-25H,14H2,1-13H3. The third-order valence-corrected chi connectivity index (χ3v) is 7.32. The fourth-order valence-electron chi connectivity index (χ4n) is 5.60. The lowest BCUT2D eigenvalue weighted by molar-refractivity contribution is 0.709. The average Bonchev–Trinajstić information content (AvgIpc) is 2.71. The molecule has 2 aromatic rings. The van der Waals surface area contributed by atoms with Crippen molar-refractivity contribution in [1.29, 1.82) is 0 Å². The summed E-state index contributed by atoms with van der Waals surface area (Å²) in [4.78, 5) is 0. The zero-order valence-corrected chi connectivity index (χ0v) is 24.1. The summed E-state index contributed by atoms with van der Waals surface area (Å²) in [7, 11) is 0. The lowest BCUT2D eigenvalue weighted by atomic mass is 9.78. The summed E-state index contributed by atoms with van der Waals surface area (Å²) in [6, 6.07) is 10.1. The second kappa shape index (κ2) is 11.2. The molecule has 0 saturated heterocycles. The van der Waals surface area contributed by atoms with E-state index in [0.717, 1.165) is 6.42 Å². The molecule has 0 bridgehead atoms. The van der Waals surface area contributed by atoms with Gasteiger partial charge in [-0.3, -0.25) is 0 Å². The fraction of sp³-hybridized carbons (Fsp3) is 0.636. The van der Waals surface area contributed by atoms with Gasteiger partial charge in [0, 0.05) is 0 Å². The zero-order chi connectivity index (χ0) is 25.2. The van der Waals surface area contributed by atoms with Crippen molar-refractivity contribution in [3.05, 3.63) is 68.8 Å². The van der Waals surface area contributed by atoms with E-state index in [1.54, 1.807) is 33.4 Å². The van der Waals surface area contributed by atoms with Crippen molar-refractivity contribution < 1.29 is 0 Å². The van der Waals surface area contributed by atoms with Gasteiger partial charge in [-0.05, 0) is 92.4 Å². The van der Waals surface area contributed by atoms with E-state index in [1.807, 2.05) is 0 Å². The molecule has 0 aliphatic carbocycles. The molecule has 0 radical (unpaired) electrons. The molecule has 2 rings (SSSR count). The molecular weight excluding hydrogens is 396 g/mol. The third kappa shape index (κ3) is 6.32. The van der Waals surface area contributed by atoms with Crippen LogP contribution in [0.5, 0.6) is 0 Å². The summed E-state index contributed by atoms with van der Waals surface area (Å²) in [6.07, 6.45) is 1.11. The molecular formula is C33H52. The van der Waals surface area contributed by atoms with E-state index in [0.29, 0.717) is 41.4 Å². The Bertz CT molecular complexity index is 863. The van der Waals surface area contributed by atoms with E-state index >= 15 is 0 Å². The van der Waals surface area contributed by atoms with E-state index in [2.05, 4.69) is 114 Å². The SMILES string of the molecule is CC(C)c1cc(CC(C)c2cc(C(C)C)c(C(C)C)c(C(C)C)c2)cc(C(C)C)c1C(C)C. The first kappa shape index (κ1) is 27.7. The minimum absolute atomic E-state index is 0.506. The molecule has 184 valence electrons. The molecule has 0 nitrogen and oxygen atoms in total. The summed E-state index contributed by atoms with van der Waals surface area (Å²) in [6.45, 7) is 30.7. The van der Waals surface area contributed by atoms with Gasteiger partial charge in [0.2, 0.25) is 0 Å². The first-order valence-electron chi connectivity index (χ1n) is 13.6. The highest BCUT2D eigenvalue weighted by Crippen LogP contribution is 2.39. The van der Waals surface area contributed by atoms with Gasteiger partial charge >= 0.3 is 0 Å². The largest absolute Gasteiger partial charge is 0.0587 e. The number of hydrogen-bond donors (Lipinski definition) is 0. The molecule has 0 heterocycles. The second-order valence-corrected chi connectivity index (χ2v) is 12.3. The predicted octanol–water partition coefficient (Wildman–Crippen LogP) is 10.8. The Morgan fingerprint density at radius 3 is 1.00 bits per heavy atom.